The average molecular weight is 250 g/mol. The number of ether oxygens (including phenoxy) is 1. The van der Waals surface area contributed by atoms with Crippen molar-refractivity contribution in [3.8, 4) is 5.88 Å². The lowest BCUT2D eigenvalue weighted by Gasteiger charge is -2.14. The van der Waals surface area contributed by atoms with Crippen LogP contribution < -0.4 is 10.5 Å². The topological polar surface area (TPSA) is 64.3 Å². The van der Waals surface area contributed by atoms with Crippen LogP contribution in [0, 0.1) is 0 Å². The molecule has 1 aromatic rings. The zero-order valence-corrected chi connectivity index (χ0v) is 11.1. The molecular weight excluding hydrogens is 228 g/mol. The number of nitrogen functional groups attached to an aromatic ring is 1. The summed E-state index contributed by atoms with van der Waals surface area (Å²) >= 11 is 0. The van der Waals surface area contributed by atoms with Crippen LogP contribution in [0.3, 0.4) is 0 Å². The molecule has 18 heavy (non-hydrogen) atoms. The number of aromatic nitrogens is 2. The van der Waals surface area contributed by atoms with Gasteiger partial charge in [-0.3, -0.25) is 4.90 Å². The number of nitrogens with zero attached hydrogens (tertiary/aromatic N) is 3. The number of likely N-dealkylation sites (tertiary alicyclic amines) is 1. The van der Waals surface area contributed by atoms with Crippen molar-refractivity contribution in [1.82, 2.24) is 14.9 Å². The van der Waals surface area contributed by atoms with E-state index in [4.69, 9.17) is 10.5 Å². The molecule has 0 bridgehead atoms. The number of rotatable bonds is 6. The third-order valence-electron chi connectivity index (χ3n) is 3.10. The summed E-state index contributed by atoms with van der Waals surface area (Å²) in [5.74, 6) is 1.86. The lowest BCUT2D eigenvalue weighted by molar-refractivity contribution is 0.231. The van der Waals surface area contributed by atoms with Crippen LogP contribution in [0.2, 0.25) is 0 Å². The monoisotopic (exact) mass is 250 g/mol. The summed E-state index contributed by atoms with van der Waals surface area (Å²) in [7, 11) is 0. The Balaban J connectivity index is 1.83. The summed E-state index contributed by atoms with van der Waals surface area (Å²) in [5.41, 5.74) is 5.74. The fraction of sp³-hybridized carbons (Fsp3) is 0.692. The summed E-state index contributed by atoms with van der Waals surface area (Å²) in [4.78, 5) is 11.0. The van der Waals surface area contributed by atoms with E-state index in [-0.39, 0.29) is 0 Å². The minimum absolute atomic E-state index is 0.490. The molecule has 0 saturated carbocycles. The number of nitrogens with two attached hydrogens (primary N) is 1. The van der Waals surface area contributed by atoms with Crippen molar-refractivity contribution in [2.45, 2.75) is 32.6 Å². The van der Waals surface area contributed by atoms with Gasteiger partial charge in [-0.05, 0) is 32.4 Å². The molecule has 1 aromatic heterocycles. The molecule has 1 aliphatic rings. The summed E-state index contributed by atoms with van der Waals surface area (Å²) in [5, 5.41) is 0. The molecule has 0 aliphatic carbocycles. The van der Waals surface area contributed by atoms with Crippen molar-refractivity contribution in [3.63, 3.8) is 0 Å². The maximum atomic E-state index is 5.74. The second kappa shape index (κ2) is 6.54. The van der Waals surface area contributed by atoms with Gasteiger partial charge in [0.25, 0.3) is 0 Å². The third kappa shape index (κ3) is 3.84. The normalized spacial score (nSPS) is 16.1. The Morgan fingerprint density at radius 2 is 2.11 bits per heavy atom. The van der Waals surface area contributed by atoms with E-state index in [2.05, 4.69) is 21.8 Å². The Hall–Kier alpha value is -1.36. The molecule has 2 rings (SSSR count). The molecule has 2 N–H and O–H groups in total. The highest BCUT2D eigenvalue weighted by Gasteiger charge is 2.11. The molecule has 0 spiro atoms. The SMILES string of the molecule is CCCc1nc(N)cc(OCCN2CCCC2)n1. The Morgan fingerprint density at radius 3 is 2.83 bits per heavy atom. The van der Waals surface area contributed by atoms with Crippen molar-refractivity contribution < 1.29 is 4.74 Å². The zero-order chi connectivity index (χ0) is 12.8. The number of anilines is 1. The van der Waals surface area contributed by atoms with Crippen molar-refractivity contribution >= 4 is 5.82 Å². The predicted molar refractivity (Wildman–Crippen MR) is 71.6 cm³/mol. The lowest BCUT2D eigenvalue weighted by Crippen LogP contribution is -2.25. The molecule has 5 heteroatoms. The highest BCUT2D eigenvalue weighted by Crippen LogP contribution is 2.12. The van der Waals surface area contributed by atoms with Gasteiger partial charge in [-0.25, -0.2) is 4.98 Å². The van der Waals surface area contributed by atoms with Crippen molar-refractivity contribution in [1.29, 1.82) is 0 Å². The van der Waals surface area contributed by atoms with E-state index in [0.717, 1.165) is 25.2 Å². The van der Waals surface area contributed by atoms with Crippen molar-refractivity contribution in [3.05, 3.63) is 11.9 Å². The highest BCUT2D eigenvalue weighted by atomic mass is 16.5. The van der Waals surface area contributed by atoms with Crippen LogP contribution in [0.1, 0.15) is 32.0 Å². The average Bonchev–Trinajstić information content (AvgIpc) is 2.82. The fourth-order valence-corrected chi connectivity index (χ4v) is 2.19. The second-order valence-corrected chi connectivity index (χ2v) is 4.69. The summed E-state index contributed by atoms with van der Waals surface area (Å²) in [6.45, 7) is 6.11. The van der Waals surface area contributed by atoms with E-state index in [1.807, 2.05) is 0 Å². The summed E-state index contributed by atoms with van der Waals surface area (Å²) < 4.78 is 5.66. The smallest absolute Gasteiger partial charge is 0.218 e. The lowest BCUT2D eigenvalue weighted by atomic mass is 10.3. The first kappa shape index (κ1) is 13.1. The molecule has 100 valence electrons. The standard InChI is InChI=1S/C13H22N4O/c1-2-5-12-15-11(14)10-13(16-12)18-9-8-17-6-3-4-7-17/h10H,2-9H2,1H3,(H2,14,15,16). The molecule has 0 unspecified atom stereocenters. The van der Waals surface area contributed by atoms with Crippen molar-refractivity contribution in [2.75, 3.05) is 32.0 Å². The largest absolute Gasteiger partial charge is 0.476 e. The minimum Gasteiger partial charge on any atom is -0.476 e. The molecular formula is C13H22N4O. The second-order valence-electron chi connectivity index (χ2n) is 4.69. The molecule has 2 heterocycles. The first-order chi connectivity index (χ1) is 8.78. The van der Waals surface area contributed by atoms with E-state index in [1.54, 1.807) is 6.07 Å². The first-order valence-electron chi connectivity index (χ1n) is 6.76. The van der Waals surface area contributed by atoms with Gasteiger partial charge in [0.15, 0.2) is 0 Å². The van der Waals surface area contributed by atoms with Crippen LogP contribution >= 0.6 is 0 Å². The van der Waals surface area contributed by atoms with Gasteiger partial charge in [0.2, 0.25) is 5.88 Å². The molecule has 1 aliphatic heterocycles. The van der Waals surface area contributed by atoms with Gasteiger partial charge in [-0.2, -0.15) is 4.98 Å². The van der Waals surface area contributed by atoms with Gasteiger partial charge < -0.3 is 10.5 Å². The molecule has 5 nitrogen and oxygen atoms in total. The van der Waals surface area contributed by atoms with E-state index in [9.17, 15) is 0 Å². The van der Waals surface area contributed by atoms with Crippen molar-refractivity contribution in [2.24, 2.45) is 0 Å². The highest BCUT2D eigenvalue weighted by molar-refractivity contribution is 5.32. The molecule has 0 atom stereocenters. The van der Waals surface area contributed by atoms with Crippen LogP contribution in [-0.2, 0) is 6.42 Å². The van der Waals surface area contributed by atoms with E-state index in [1.165, 1.54) is 25.9 Å². The number of aryl methyl sites for hydroxylation is 1. The summed E-state index contributed by atoms with van der Waals surface area (Å²) in [6.07, 6.45) is 4.46. The van der Waals surface area contributed by atoms with Gasteiger partial charge in [0, 0.05) is 19.0 Å². The number of hydrogen-bond donors (Lipinski definition) is 1. The minimum atomic E-state index is 0.490. The molecule has 0 amide bonds. The van der Waals surface area contributed by atoms with Crippen LogP contribution in [0.5, 0.6) is 5.88 Å². The van der Waals surface area contributed by atoms with Crippen LogP contribution in [-0.4, -0.2) is 41.1 Å². The Bertz CT molecular complexity index is 377. The van der Waals surface area contributed by atoms with Gasteiger partial charge in [0.1, 0.15) is 18.2 Å². The maximum Gasteiger partial charge on any atom is 0.218 e. The van der Waals surface area contributed by atoms with E-state index in [0.29, 0.717) is 18.3 Å². The summed E-state index contributed by atoms with van der Waals surface area (Å²) in [6, 6.07) is 1.70. The molecule has 1 fully saturated rings. The quantitative estimate of drug-likeness (QED) is 0.828. The van der Waals surface area contributed by atoms with Crippen LogP contribution in [0.25, 0.3) is 0 Å². The van der Waals surface area contributed by atoms with Crippen LogP contribution in [0.4, 0.5) is 5.82 Å². The fourth-order valence-electron chi connectivity index (χ4n) is 2.19. The first-order valence-corrected chi connectivity index (χ1v) is 6.76. The molecule has 0 radical (unpaired) electrons. The number of hydrogen-bond acceptors (Lipinski definition) is 5. The van der Waals surface area contributed by atoms with Gasteiger partial charge in [-0.1, -0.05) is 6.92 Å². The Labute approximate surface area is 108 Å². The van der Waals surface area contributed by atoms with Gasteiger partial charge in [0.05, 0.1) is 0 Å². The third-order valence-corrected chi connectivity index (χ3v) is 3.10. The Kier molecular flexibility index (Phi) is 4.75. The van der Waals surface area contributed by atoms with Gasteiger partial charge in [-0.15, -0.1) is 0 Å². The van der Waals surface area contributed by atoms with E-state index < -0.39 is 0 Å². The van der Waals surface area contributed by atoms with Gasteiger partial charge >= 0.3 is 0 Å². The predicted octanol–water partition coefficient (Wildman–Crippen LogP) is 1.49. The molecule has 0 aromatic carbocycles. The Morgan fingerprint density at radius 1 is 1.33 bits per heavy atom. The maximum absolute atomic E-state index is 5.74. The van der Waals surface area contributed by atoms with Crippen LogP contribution in [0.15, 0.2) is 6.07 Å². The zero-order valence-electron chi connectivity index (χ0n) is 11.1. The molecule has 1 saturated heterocycles. The van der Waals surface area contributed by atoms with E-state index >= 15 is 0 Å².